The number of hydrogen-bond donors (Lipinski definition) is 4. The van der Waals surface area contributed by atoms with Crippen molar-refractivity contribution < 1.29 is 33.0 Å². The fraction of sp³-hybridized carbons (Fsp3) is 0.423. The average Bonchev–Trinajstić information content (AvgIpc) is 2.88. The second-order valence-electron chi connectivity index (χ2n) is 8.42. The number of rotatable bonds is 8. The number of halogens is 3. The molecule has 1 amide bonds. The molecule has 10 heteroatoms. The monoisotopic (exact) mass is 505 g/mol. The minimum absolute atomic E-state index is 0.0749. The summed E-state index contributed by atoms with van der Waals surface area (Å²) in [6.45, 7) is 1.07. The second kappa shape index (κ2) is 14.2. The number of nitriles is 1. The van der Waals surface area contributed by atoms with Crippen LogP contribution in [0.2, 0.25) is 0 Å². The number of aliphatic hydroxyl groups excluding tert-OH is 1. The Bertz CT molecular complexity index is 1010. The van der Waals surface area contributed by atoms with Crippen LogP contribution in [0.3, 0.4) is 0 Å². The topological polar surface area (TPSA) is 122 Å². The van der Waals surface area contributed by atoms with Crippen LogP contribution >= 0.6 is 0 Å². The minimum Gasteiger partial charge on any atom is -0.475 e. The fourth-order valence-corrected chi connectivity index (χ4v) is 3.69. The van der Waals surface area contributed by atoms with Crippen molar-refractivity contribution in [2.24, 2.45) is 0 Å². The molecule has 0 aromatic heterocycles. The number of alkyl halides is 3. The minimum atomic E-state index is -5.08. The Morgan fingerprint density at radius 1 is 1.06 bits per heavy atom. The molecule has 0 aliphatic carbocycles. The van der Waals surface area contributed by atoms with Gasteiger partial charge in [0.05, 0.1) is 12.1 Å². The van der Waals surface area contributed by atoms with Gasteiger partial charge >= 0.3 is 12.1 Å². The number of carbonyl (C=O) groups is 2. The van der Waals surface area contributed by atoms with Gasteiger partial charge in [-0.15, -0.1) is 0 Å². The quantitative estimate of drug-likeness (QED) is 0.435. The number of aryl methyl sites for hydroxylation is 1. The van der Waals surface area contributed by atoms with Gasteiger partial charge in [0.25, 0.3) is 0 Å². The molecule has 1 aliphatic rings. The Morgan fingerprint density at radius 3 is 2.06 bits per heavy atom. The number of benzene rings is 2. The van der Waals surface area contributed by atoms with Crippen molar-refractivity contribution in [1.82, 2.24) is 10.6 Å². The van der Waals surface area contributed by atoms with Gasteiger partial charge in [0.15, 0.2) is 0 Å². The predicted molar refractivity (Wildman–Crippen MR) is 128 cm³/mol. The lowest BCUT2D eigenvalue weighted by molar-refractivity contribution is -0.192. The van der Waals surface area contributed by atoms with Crippen molar-refractivity contribution in [3.63, 3.8) is 0 Å². The van der Waals surface area contributed by atoms with Gasteiger partial charge in [-0.25, -0.2) is 4.79 Å². The first kappa shape index (κ1) is 28.8. The van der Waals surface area contributed by atoms with Gasteiger partial charge in [-0.1, -0.05) is 55.0 Å². The highest BCUT2D eigenvalue weighted by molar-refractivity contribution is 5.82. The van der Waals surface area contributed by atoms with E-state index in [9.17, 15) is 23.2 Å². The van der Waals surface area contributed by atoms with E-state index in [1.54, 1.807) is 0 Å². The van der Waals surface area contributed by atoms with E-state index in [-0.39, 0.29) is 18.6 Å². The normalized spacial score (nSPS) is 16.1. The van der Waals surface area contributed by atoms with Crippen molar-refractivity contribution >= 4 is 11.9 Å². The van der Waals surface area contributed by atoms with E-state index >= 15 is 0 Å². The molecular weight excluding hydrogens is 475 g/mol. The smallest absolute Gasteiger partial charge is 0.475 e. The molecule has 2 aromatic carbocycles. The molecule has 0 saturated carbocycles. The Morgan fingerprint density at radius 2 is 1.61 bits per heavy atom. The summed E-state index contributed by atoms with van der Waals surface area (Å²) in [7, 11) is 0. The second-order valence-corrected chi connectivity index (χ2v) is 8.42. The first-order valence-corrected chi connectivity index (χ1v) is 11.7. The van der Waals surface area contributed by atoms with Crippen LogP contribution in [0, 0.1) is 11.3 Å². The molecule has 0 spiro atoms. The van der Waals surface area contributed by atoms with E-state index in [4.69, 9.17) is 15.0 Å². The van der Waals surface area contributed by atoms with Crippen molar-refractivity contribution in [2.45, 2.75) is 56.8 Å². The number of hydrogen-bond acceptors (Lipinski definition) is 5. The number of carbonyl (C=O) groups excluding carboxylic acids is 1. The number of carboxylic acids is 1. The molecule has 0 radical (unpaired) electrons. The van der Waals surface area contributed by atoms with Crippen molar-refractivity contribution in [3.8, 4) is 17.2 Å². The maximum absolute atomic E-state index is 12.4. The Hall–Kier alpha value is -3.42. The lowest BCUT2D eigenvalue weighted by Gasteiger charge is -2.23. The first-order valence-electron chi connectivity index (χ1n) is 11.7. The zero-order chi connectivity index (χ0) is 26.6. The van der Waals surface area contributed by atoms with E-state index < -0.39 is 18.2 Å². The van der Waals surface area contributed by atoms with Crippen LogP contribution in [-0.4, -0.2) is 53.5 Å². The van der Waals surface area contributed by atoms with Crippen molar-refractivity contribution in [1.29, 1.82) is 5.26 Å². The molecular formula is C26H30F3N3O4. The van der Waals surface area contributed by atoms with Crippen LogP contribution in [0.5, 0.6) is 0 Å². The molecule has 0 unspecified atom stereocenters. The summed E-state index contributed by atoms with van der Waals surface area (Å²) >= 11 is 0. The predicted octanol–water partition coefficient (Wildman–Crippen LogP) is 3.60. The summed E-state index contributed by atoms with van der Waals surface area (Å²) in [5, 5.41) is 31.6. The summed E-state index contributed by atoms with van der Waals surface area (Å²) in [4.78, 5) is 21.2. The Kier molecular flexibility index (Phi) is 11.4. The van der Waals surface area contributed by atoms with Crippen LogP contribution in [0.1, 0.15) is 36.8 Å². The molecule has 0 bridgehead atoms. The Labute approximate surface area is 207 Å². The summed E-state index contributed by atoms with van der Waals surface area (Å²) < 4.78 is 31.7. The third-order valence-corrected chi connectivity index (χ3v) is 5.65. The van der Waals surface area contributed by atoms with E-state index in [1.165, 1.54) is 5.56 Å². The molecule has 2 atom stereocenters. The third-order valence-electron chi connectivity index (χ3n) is 5.65. The number of amides is 1. The van der Waals surface area contributed by atoms with Gasteiger partial charge in [0, 0.05) is 13.0 Å². The molecule has 1 saturated heterocycles. The lowest BCUT2D eigenvalue weighted by Crippen LogP contribution is -2.49. The van der Waals surface area contributed by atoms with Crippen molar-refractivity contribution in [3.05, 3.63) is 59.7 Å². The number of nitrogens with one attached hydrogen (secondary N) is 2. The lowest BCUT2D eigenvalue weighted by atomic mass is 9.99. The molecule has 194 valence electrons. The largest absolute Gasteiger partial charge is 0.490 e. The van der Waals surface area contributed by atoms with Gasteiger partial charge in [-0.2, -0.15) is 18.4 Å². The van der Waals surface area contributed by atoms with E-state index in [0.717, 1.165) is 55.3 Å². The van der Waals surface area contributed by atoms with E-state index in [1.807, 2.05) is 12.1 Å². The number of carboxylic acid groups (broad SMARTS) is 1. The number of aliphatic hydroxyl groups is 1. The summed E-state index contributed by atoms with van der Waals surface area (Å²) in [5.74, 6) is -2.83. The molecule has 2 aromatic rings. The molecule has 4 N–H and O–H groups in total. The number of aliphatic carboxylic acids is 1. The molecule has 1 fully saturated rings. The average molecular weight is 506 g/mol. The first-order chi connectivity index (χ1) is 17.1. The van der Waals surface area contributed by atoms with Crippen LogP contribution in [0.15, 0.2) is 48.5 Å². The Balaban J connectivity index is 0.000000572. The fourth-order valence-electron chi connectivity index (χ4n) is 3.69. The molecule has 36 heavy (non-hydrogen) atoms. The maximum atomic E-state index is 12.4. The molecule has 1 heterocycles. The van der Waals surface area contributed by atoms with Gasteiger partial charge in [-0.05, 0) is 54.5 Å². The molecule has 7 nitrogen and oxygen atoms in total. The van der Waals surface area contributed by atoms with Gasteiger partial charge in [-0.3, -0.25) is 4.79 Å². The van der Waals surface area contributed by atoms with Gasteiger partial charge in [0.2, 0.25) is 5.91 Å². The van der Waals surface area contributed by atoms with Gasteiger partial charge in [0.1, 0.15) is 6.04 Å². The standard InChI is InChI=1S/C24H29N3O2.C2HF3O2/c25-17-22(27-24(29)23-5-1-2-14-26-23)16-19-8-12-21(13-9-19)20-10-6-18(7-11-20)4-3-15-28;3-2(4,5)1(6)7/h6-13,22-23,26,28H,1-5,14-16H2,(H,27,29);(H,6,7)/t22-,23-;/m0./s1. The van der Waals surface area contributed by atoms with E-state index in [2.05, 4.69) is 53.1 Å². The van der Waals surface area contributed by atoms with Crippen LogP contribution in [0.4, 0.5) is 13.2 Å². The van der Waals surface area contributed by atoms with Gasteiger partial charge < -0.3 is 20.8 Å². The SMILES string of the molecule is N#C[C@H](Cc1ccc(-c2ccc(CCCO)cc2)cc1)NC(=O)[C@@H]1CCCCN1.O=C(O)C(F)(F)F. The van der Waals surface area contributed by atoms with Crippen LogP contribution in [0.25, 0.3) is 11.1 Å². The zero-order valence-corrected chi connectivity index (χ0v) is 19.7. The van der Waals surface area contributed by atoms with Crippen LogP contribution < -0.4 is 10.6 Å². The highest BCUT2D eigenvalue weighted by atomic mass is 19.4. The van der Waals surface area contributed by atoms with E-state index in [0.29, 0.717) is 6.42 Å². The third kappa shape index (κ3) is 9.68. The number of piperidine rings is 1. The number of nitrogens with zero attached hydrogens (tertiary/aromatic N) is 1. The van der Waals surface area contributed by atoms with Crippen molar-refractivity contribution in [2.75, 3.05) is 13.2 Å². The highest BCUT2D eigenvalue weighted by Crippen LogP contribution is 2.21. The summed E-state index contributed by atoms with van der Waals surface area (Å²) in [6, 6.07) is 18.0. The summed E-state index contributed by atoms with van der Waals surface area (Å²) in [6.07, 6.45) is 0.0526. The van der Waals surface area contributed by atoms with Crippen LogP contribution in [-0.2, 0) is 22.4 Å². The zero-order valence-electron chi connectivity index (χ0n) is 19.7. The summed E-state index contributed by atoms with van der Waals surface area (Å²) in [5.41, 5.74) is 4.50. The highest BCUT2D eigenvalue weighted by Gasteiger charge is 2.38. The molecule has 1 aliphatic heterocycles. The molecule has 3 rings (SSSR count). The maximum Gasteiger partial charge on any atom is 0.490 e.